The summed E-state index contributed by atoms with van der Waals surface area (Å²) < 4.78 is 0. The van der Waals surface area contributed by atoms with Crippen molar-refractivity contribution in [2.24, 2.45) is 0 Å². The highest BCUT2D eigenvalue weighted by atomic mass is 16.2. The van der Waals surface area contributed by atoms with Crippen molar-refractivity contribution in [2.75, 3.05) is 43.4 Å². The van der Waals surface area contributed by atoms with Crippen LogP contribution in [0.4, 0.5) is 16.3 Å². The maximum atomic E-state index is 11.4. The Labute approximate surface area is 116 Å². The topological polar surface area (TPSA) is 85.1 Å². The van der Waals surface area contributed by atoms with Crippen LogP contribution in [0, 0.1) is 0 Å². The molecule has 3 rings (SSSR count). The molecule has 106 valence electrons. The Morgan fingerprint density at radius 3 is 2.90 bits per heavy atom. The molecule has 0 aromatic carbocycles. The number of nitrogens with zero attached hydrogens (tertiary/aromatic N) is 2. The number of rotatable bonds is 2. The smallest absolute Gasteiger partial charge is 0.319 e. The standard InChI is InChI=1S/C13H18N6O/c1-14-13(20)17-10-8-16-9-2-3-11(18-12(9)10)19-6-4-15-5-7-19/h2-3,8,15-16H,4-7H2,1H3,(H2,14,17,20). The number of fused-ring (bicyclic) bond motifs is 1. The highest BCUT2D eigenvalue weighted by Crippen LogP contribution is 2.24. The minimum atomic E-state index is -0.250. The molecule has 0 spiro atoms. The maximum Gasteiger partial charge on any atom is 0.319 e. The summed E-state index contributed by atoms with van der Waals surface area (Å²) in [5.74, 6) is 0.943. The van der Waals surface area contributed by atoms with Gasteiger partial charge in [-0.15, -0.1) is 0 Å². The fourth-order valence-electron chi connectivity index (χ4n) is 2.34. The van der Waals surface area contributed by atoms with Gasteiger partial charge in [-0.25, -0.2) is 9.78 Å². The van der Waals surface area contributed by atoms with Gasteiger partial charge in [0.05, 0.1) is 11.2 Å². The second-order valence-corrected chi connectivity index (χ2v) is 4.71. The number of hydrogen-bond acceptors (Lipinski definition) is 4. The molecule has 0 radical (unpaired) electrons. The SMILES string of the molecule is CNC(=O)Nc1c[nH]c2ccc(N3CCNCC3)nc12. The van der Waals surface area contributed by atoms with Gasteiger partial charge in [0.15, 0.2) is 0 Å². The third-order valence-electron chi connectivity index (χ3n) is 3.42. The van der Waals surface area contributed by atoms with Gasteiger partial charge in [0.25, 0.3) is 0 Å². The second-order valence-electron chi connectivity index (χ2n) is 4.71. The molecule has 7 heteroatoms. The zero-order chi connectivity index (χ0) is 13.9. The summed E-state index contributed by atoms with van der Waals surface area (Å²) in [4.78, 5) is 21.5. The highest BCUT2D eigenvalue weighted by molar-refractivity contribution is 5.99. The summed E-state index contributed by atoms with van der Waals surface area (Å²) in [7, 11) is 1.59. The molecule has 2 aromatic heterocycles. The number of aromatic nitrogens is 2. The summed E-state index contributed by atoms with van der Waals surface area (Å²) in [5.41, 5.74) is 2.39. The Morgan fingerprint density at radius 2 is 2.15 bits per heavy atom. The van der Waals surface area contributed by atoms with Crippen molar-refractivity contribution in [1.82, 2.24) is 20.6 Å². The van der Waals surface area contributed by atoms with E-state index < -0.39 is 0 Å². The van der Waals surface area contributed by atoms with Crippen molar-refractivity contribution in [3.63, 3.8) is 0 Å². The molecular formula is C13H18N6O. The molecule has 2 aromatic rings. The quantitative estimate of drug-likeness (QED) is 0.650. The number of pyridine rings is 1. The summed E-state index contributed by atoms with van der Waals surface area (Å²) in [6.07, 6.45) is 1.76. The predicted octanol–water partition coefficient (Wildman–Crippen LogP) is 0.724. The van der Waals surface area contributed by atoms with Crippen LogP contribution in [-0.2, 0) is 0 Å². The molecular weight excluding hydrogens is 256 g/mol. The van der Waals surface area contributed by atoms with Crippen molar-refractivity contribution < 1.29 is 4.79 Å². The Kier molecular flexibility index (Phi) is 3.42. The molecule has 3 heterocycles. The van der Waals surface area contributed by atoms with E-state index in [4.69, 9.17) is 0 Å². The van der Waals surface area contributed by atoms with Crippen LogP contribution >= 0.6 is 0 Å². The van der Waals surface area contributed by atoms with Gasteiger partial charge in [0.1, 0.15) is 11.3 Å². The fourth-order valence-corrected chi connectivity index (χ4v) is 2.34. The largest absolute Gasteiger partial charge is 0.358 e. The average Bonchev–Trinajstić information content (AvgIpc) is 2.90. The normalized spacial score (nSPS) is 15.3. The van der Waals surface area contributed by atoms with Crippen molar-refractivity contribution >= 4 is 28.6 Å². The number of urea groups is 1. The molecule has 20 heavy (non-hydrogen) atoms. The Bertz CT molecular complexity index is 616. The van der Waals surface area contributed by atoms with E-state index >= 15 is 0 Å². The van der Waals surface area contributed by atoms with Crippen LogP contribution in [0.2, 0.25) is 0 Å². The first-order valence-corrected chi connectivity index (χ1v) is 6.70. The van der Waals surface area contributed by atoms with Gasteiger partial charge in [-0.1, -0.05) is 0 Å². The number of carbonyl (C=O) groups excluding carboxylic acids is 1. The first-order valence-electron chi connectivity index (χ1n) is 6.70. The van der Waals surface area contributed by atoms with Gasteiger partial charge < -0.3 is 25.8 Å². The van der Waals surface area contributed by atoms with Gasteiger partial charge in [0.2, 0.25) is 0 Å². The number of nitrogens with one attached hydrogen (secondary N) is 4. The van der Waals surface area contributed by atoms with Crippen LogP contribution in [0.1, 0.15) is 0 Å². The number of aromatic amines is 1. The third kappa shape index (κ3) is 2.39. The molecule has 1 fully saturated rings. The van der Waals surface area contributed by atoms with Crippen molar-refractivity contribution in [3.05, 3.63) is 18.3 Å². The van der Waals surface area contributed by atoms with Gasteiger partial charge in [-0.3, -0.25) is 0 Å². The maximum absolute atomic E-state index is 11.4. The van der Waals surface area contributed by atoms with Gasteiger partial charge in [-0.05, 0) is 12.1 Å². The van der Waals surface area contributed by atoms with Crippen LogP contribution < -0.4 is 20.9 Å². The second kappa shape index (κ2) is 5.38. The molecule has 0 unspecified atom stereocenters. The minimum Gasteiger partial charge on any atom is -0.358 e. The molecule has 1 aliphatic rings. The fraction of sp³-hybridized carbons (Fsp3) is 0.385. The van der Waals surface area contributed by atoms with Crippen molar-refractivity contribution in [1.29, 1.82) is 0 Å². The summed E-state index contributed by atoms with van der Waals surface area (Å²) in [5, 5.41) is 8.63. The van der Waals surface area contributed by atoms with E-state index in [-0.39, 0.29) is 6.03 Å². The molecule has 0 aliphatic carbocycles. The van der Waals surface area contributed by atoms with Crippen molar-refractivity contribution in [3.8, 4) is 0 Å². The molecule has 1 saturated heterocycles. The van der Waals surface area contributed by atoms with Gasteiger partial charge in [0, 0.05) is 39.4 Å². The molecule has 7 nitrogen and oxygen atoms in total. The lowest BCUT2D eigenvalue weighted by molar-refractivity contribution is 0.254. The van der Waals surface area contributed by atoms with E-state index in [9.17, 15) is 4.79 Å². The molecule has 0 bridgehead atoms. The Morgan fingerprint density at radius 1 is 1.35 bits per heavy atom. The zero-order valence-corrected chi connectivity index (χ0v) is 11.4. The van der Waals surface area contributed by atoms with Crippen LogP contribution in [0.3, 0.4) is 0 Å². The number of anilines is 2. The summed E-state index contributed by atoms with van der Waals surface area (Å²) in [6.45, 7) is 3.83. The van der Waals surface area contributed by atoms with E-state index in [1.165, 1.54) is 0 Å². The lowest BCUT2D eigenvalue weighted by Gasteiger charge is -2.28. The molecule has 1 aliphatic heterocycles. The zero-order valence-electron chi connectivity index (χ0n) is 11.4. The summed E-state index contributed by atoms with van der Waals surface area (Å²) >= 11 is 0. The predicted molar refractivity (Wildman–Crippen MR) is 79.3 cm³/mol. The number of hydrogen-bond donors (Lipinski definition) is 4. The number of carbonyl (C=O) groups is 1. The van der Waals surface area contributed by atoms with E-state index in [0.29, 0.717) is 5.69 Å². The molecule has 0 saturated carbocycles. The van der Waals surface area contributed by atoms with Crippen LogP contribution in [0.5, 0.6) is 0 Å². The average molecular weight is 274 g/mol. The summed E-state index contributed by atoms with van der Waals surface area (Å²) in [6, 6.07) is 3.75. The third-order valence-corrected chi connectivity index (χ3v) is 3.42. The molecule has 4 N–H and O–H groups in total. The minimum absolute atomic E-state index is 0.250. The Balaban J connectivity index is 1.91. The lowest BCUT2D eigenvalue weighted by Crippen LogP contribution is -2.43. The highest BCUT2D eigenvalue weighted by Gasteiger charge is 2.14. The lowest BCUT2D eigenvalue weighted by atomic mass is 10.3. The van der Waals surface area contributed by atoms with Crippen molar-refractivity contribution in [2.45, 2.75) is 0 Å². The monoisotopic (exact) mass is 274 g/mol. The van der Waals surface area contributed by atoms with Crippen LogP contribution in [-0.4, -0.2) is 49.2 Å². The van der Waals surface area contributed by atoms with E-state index in [1.807, 2.05) is 12.1 Å². The van der Waals surface area contributed by atoms with Gasteiger partial charge >= 0.3 is 6.03 Å². The number of H-pyrrole nitrogens is 1. The van der Waals surface area contributed by atoms with E-state index in [0.717, 1.165) is 43.0 Å². The van der Waals surface area contributed by atoms with Crippen LogP contribution in [0.25, 0.3) is 11.0 Å². The molecule has 0 atom stereocenters. The van der Waals surface area contributed by atoms with E-state index in [2.05, 4.69) is 30.8 Å². The number of piperazine rings is 1. The first-order chi connectivity index (χ1) is 9.78. The number of amides is 2. The Hall–Kier alpha value is -2.28. The van der Waals surface area contributed by atoms with E-state index in [1.54, 1.807) is 13.2 Å². The molecule has 2 amide bonds. The van der Waals surface area contributed by atoms with Gasteiger partial charge in [-0.2, -0.15) is 0 Å². The first kappa shape index (κ1) is 12.7. The van der Waals surface area contributed by atoms with Crippen LogP contribution in [0.15, 0.2) is 18.3 Å².